The van der Waals surface area contributed by atoms with Crippen molar-refractivity contribution in [1.29, 1.82) is 0 Å². The minimum atomic E-state index is -4.43. The first-order valence-corrected chi connectivity index (χ1v) is 11.3. The van der Waals surface area contributed by atoms with Gasteiger partial charge in [0.2, 0.25) is 5.43 Å². The highest BCUT2D eigenvalue weighted by molar-refractivity contribution is 5.99. The van der Waals surface area contributed by atoms with Crippen LogP contribution in [0.25, 0.3) is 0 Å². The maximum Gasteiger partial charge on any atom is 0.416 e. The molecular weight excluding hydrogens is 449 g/mol. The maximum atomic E-state index is 13.3. The van der Waals surface area contributed by atoms with E-state index in [9.17, 15) is 27.6 Å². The number of pyridine rings is 1. The van der Waals surface area contributed by atoms with Crippen LogP contribution in [0.15, 0.2) is 41.5 Å². The predicted molar refractivity (Wildman–Crippen MR) is 123 cm³/mol. The van der Waals surface area contributed by atoms with E-state index in [-0.39, 0.29) is 30.3 Å². The second-order valence-electron chi connectivity index (χ2n) is 8.31. The standard InChI is InChI=1S/C24H29F3N4O3/c1-4-16(3)31-14-19(22(33)28-5-2)21(32)20(15-31)23(34)30-11-9-29(10-12-30)18-8-6-7-17(13-18)24(25,26)27/h6-8,13-16H,4-5,9-12H2,1-3H3,(H,28,33)/t16-/m1/s1. The number of alkyl halides is 3. The number of nitrogens with one attached hydrogen (secondary N) is 1. The van der Waals surface area contributed by atoms with E-state index in [2.05, 4.69) is 5.32 Å². The lowest BCUT2D eigenvalue weighted by Gasteiger charge is -2.36. The van der Waals surface area contributed by atoms with Crippen LogP contribution < -0.4 is 15.6 Å². The van der Waals surface area contributed by atoms with Gasteiger partial charge in [-0.05, 0) is 38.5 Å². The van der Waals surface area contributed by atoms with Gasteiger partial charge < -0.3 is 19.7 Å². The van der Waals surface area contributed by atoms with E-state index < -0.39 is 29.0 Å². The average Bonchev–Trinajstić information content (AvgIpc) is 2.83. The maximum absolute atomic E-state index is 13.3. The third kappa shape index (κ3) is 5.43. The van der Waals surface area contributed by atoms with Crippen LogP contribution in [-0.4, -0.2) is 54.0 Å². The first kappa shape index (κ1) is 25.3. The first-order valence-electron chi connectivity index (χ1n) is 11.3. The number of hydrogen-bond acceptors (Lipinski definition) is 4. The number of benzene rings is 1. The van der Waals surface area contributed by atoms with Gasteiger partial charge in [0.1, 0.15) is 11.1 Å². The molecule has 1 saturated heterocycles. The predicted octanol–water partition coefficient (Wildman–Crippen LogP) is 3.55. The van der Waals surface area contributed by atoms with E-state index in [0.29, 0.717) is 25.3 Å². The van der Waals surface area contributed by atoms with Gasteiger partial charge >= 0.3 is 6.18 Å². The van der Waals surface area contributed by atoms with Gasteiger partial charge in [0, 0.05) is 56.8 Å². The molecule has 0 saturated carbocycles. The Balaban J connectivity index is 1.82. The highest BCUT2D eigenvalue weighted by Gasteiger charge is 2.32. The Morgan fingerprint density at radius 2 is 1.71 bits per heavy atom. The summed E-state index contributed by atoms with van der Waals surface area (Å²) in [7, 11) is 0. The first-order chi connectivity index (χ1) is 16.1. The normalized spacial score (nSPS) is 15.2. The monoisotopic (exact) mass is 478 g/mol. The van der Waals surface area contributed by atoms with Crippen LogP contribution in [0, 0.1) is 0 Å². The molecule has 0 bridgehead atoms. The lowest BCUT2D eigenvalue weighted by atomic mass is 10.1. The highest BCUT2D eigenvalue weighted by atomic mass is 19.4. The van der Waals surface area contributed by atoms with Crippen LogP contribution in [0.3, 0.4) is 0 Å². The summed E-state index contributed by atoms with van der Waals surface area (Å²) in [5.74, 6) is -1.02. The summed E-state index contributed by atoms with van der Waals surface area (Å²) in [6.45, 7) is 7.09. The summed E-state index contributed by atoms with van der Waals surface area (Å²) in [5.41, 5.74) is -1.10. The molecule has 1 aromatic heterocycles. The van der Waals surface area contributed by atoms with Gasteiger partial charge in [-0.15, -0.1) is 0 Å². The average molecular weight is 479 g/mol. The summed E-state index contributed by atoms with van der Waals surface area (Å²) < 4.78 is 40.9. The van der Waals surface area contributed by atoms with Crippen molar-refractivity contribution in [2.24, 2.45) is 0 Å². The SMILES string of the molecule is CCNC(=O)c1cn([C@H](C)CC)cc(C(=O)N2CCN(c3cccc(C(F)(F)F)c3)CC2)c1=O. The lowest BCUT2D eigenvalue weighted by Crippen LogP contribution is -2.50. The zero-order valence-electron chi connectivity index (χ0n) is 19.5. The Morgan fingerprint density at radius 3 is 2.29 bits per heavy atom. The number of anilines is 1. The minimum absolute atomic E-state index is 0.0296. The van der Waals surface area contributed by atoms with Crippen LogP contribution in [0.2, 0.25) is 0 Å². The third-order valence-corrected chi connectivity index (χ3v) is 6.06. The molecule has 7 nitrogen and oxygen atoms in total. The van der Waals surface area contributed by atoms with Crippen molar-refractivity contribution in [3.05, 3.63) is 63.6 Å². The zero-order chi connectivity index (χ0) is 25.0. The van der Waals surface area contributed by atoms with E-state index in [1.165, 1.54) is 23.4 Å². The summed E-state index contributed by atoms with van der Waals surface area (Å²) in [4.78, 5) is 42.0. The largest absolute Gasteiger partial charge is 0.416 e. The summed E-state index contributed by atoms with van der Waals surface area (Å²) >= 11 is 0. The van der Waals surface area contributed by atoms with Crippen LogP contribution in [-0.2, 0) is 6.18 Å². The summed E-state index contributed by atoms with van der Waals surface area (Å²) in [6.07, 6.45) is -0.732. The topological polar surface area (TPSA) is 74.7 Å². The van der Waals surface area contributed by atoms with Crippen molar-refractivity contribution in [2.75, 3.05) is 37.6 Å². The number of rotatable bonds is 6. The van der Waals surface area contributed by atoms with Crippen molar-refractivity contribution in [3.63, 3.8) is 0 Å². The molecule has 2 aromatic rings. The van der Waals surface area contributed by atoms with Crippen molar-refractivity contribution in [3.8, 4) is 0 Å². The lowest BCUT2D eigenvalue weighted by molar-refractivity contribution is -0.137. The summed E-state index contributed by atoms with van der Waals surface area (Å²) in [5, 5.41) is 2.61. The molecule has 10 heteroatoms. The molecular formula is C24H29F3N4O3. The molecule has 2 heterocycles. The number of piperazine rings is 1. The Bertz CT molecular complexity index is 1110. The Labute approximate surface area is 196 Å². The fraction of sp³-hybridized carbons (Fsp3) is 0.458. The Hall–Kier alpha value is -3.30. The number of carbonyl (C=O) groups is 2. The van der Waals surface area contributed by atoms with Gasteiger partial charge in [0.15, 0.2) is 0 Å². The second kappa shape index (κ2) is 10.3. The fourth-order valence-electron chi connectivity index (χ4n) is 3.85. The van der Waals surface area contributed by atoms with E-state index in [0.717, 1.165) is 18.6 Å². The smallest absolute Gasteiger partial charge is 0.368 e. The third-order valence-electron chi connectivity index (χ3n) is 6.06. The van der Waals surface area contributed by atoms with E-state index in [1.54, 1.807) is 22.5 Å². The molecule has 0 radical (unpaired) electrons. The van der Waals surface area contributed by atoms with Gasteiger partial charge in [0.05, 0.1) is 5.56 Å². The molecule has 1 fully saturated rings. The number of nitrogens with zero attached hydrogens (tertiary/aromatic N) is 3. The molecule has 1 N–H and O–H groups in total. The van der Waals surface area contributed by atoms with Crippen LogP contribution in [0.1, 0.15) is 59.5 Å². The van der Waals surface area contributed by atoms with Gasteiger partial charge in [-0.2, -0.15) is 13.2 Å². The number of carbonyl (C=O) groups excluding carboxylic acids is 2. The number of amides is 2. The number of hydrogen-bond donors (Lipinski definition) is 1. The molecule has 0 aliphatic carbocycles. The van der Waals surface area contributed by atoms with Gasteiger partial charge in [-0.1, -0.05) is 13.0 Å². The van der Waals surface area contributed by atoms with Gasteiger partial charge in [-0.3, -0.25) is 14.4 Å². The van der Waals surface area contributed by atoms with E-state index >= 15 is 0 Å². The molecule has 1 aliphatic heterocycles. The van der Waals surface area contributed by atoms with Crippen molar-refractivity contribution >= 4 is 17.5 Å². The molecule has 34 heavy (non-hydrogen) atoms. The Kier molecular flexibility index (Phi) is 7.68. The molecule has 0 spiro atoms. The molecule has 2 amide bonds. The van der Waals surface area contributed by atoms with Crippen LogP contribution >= 0.6 is 0 Å². The number of aromatic nitrogens is 1. The van der Waals surface area contributed by atoms with Crippen molar-refractivity contribution in [2.45, 2.75) is 39.4 Å². The Morgan fingerprint density at radius 1 is 1.06 bits per heavy atom. The molecule has 3 rings (SSSR count). The fourth-order valence-corrected chi connectivity index (χ4v) is 3.85. The van der Waals surface area contributed by atoms with Gasteiger partial charge in [0.25, 0.3) is 11.8 Å². The van der Waals surface area contributed by atoms with Crippen molar-refractivity contribution in [1.82, 2.24) is 14.8 Å². The molecule has 1 atom stereocenters. The zero-order valence-corrected chi connectivity index (χ0v) is 19.5. The summed E-state index contributed by atoms with van der Waals surface area (Å²) in [6, 6.07) is 5.05. The van der Waals surface area contributed by atoms with Crippen LogP contribution in [0.5, 0.6) is 0 Å². The molecule has 1 aliphatic rings. The molecule has 184 valence electrons. The minimum Gasteiger partial charge on any atom is -0.368 e. The van der Waals surface area contributed by atoms with E-state index in [4.69, 9.17) is 0 Å². The van der Waals surface area contributed by atoms with Gasteiger partial charge in [-0.25, -0.2) is 0 Å². The number of halogens is 3. The van der Waals surface area contributed by atoms with E-state index in [1.807, 2.05) is 13.8 Å². The van der Waals surface area contributed by atoms with Crippen LogP contribution in [0.4, 0.5) is 18.9 Å². The molecule has 0 unspecified atom stereocenters. The molecule has 1 aromatic carbocycles. The quantitative estimate of drug-likeness (QED) is 0.689. The van der Waals surface area contributed by atoms with Crippen molar-refractivity contribution < 1.29 is 22.8 Å². The highest BCUT2D eigenvalue weighted by Crippen LogP contribution is 2.32. The second-order valence-corrected chi connectivity index (χ2v) is 8.31.